The molecule has 34 heavy (non-hydrogen) atoms. The largest absolute Gasteiger partial charge is 0.481 e. The minimum absolute atomic E-state index is 0.00572. The van der Waals surface area contributed by atoms with E-state index in [0.717, 1.165) is 30.4 Å². The Labute approximate surface area is 198 Å². The maximum atomic E-state index is 13.3. The van der Waals surface area contributed by atoms with Crippen molar-refractivity contribution in [2.45, 2.75) is 51.3 Å². The van der Waals surface area contributed by atoms with Gasteiger partial charge >= 0.3 is 0 Å². The Morgan fingerprint density at radius 1 is 1.09 bits per heavy atom. The number of carbonyl (C=O) groups excluding carboxylic acids is 2. The van der Waals surface area contributed by atoms with E-state index >= 15 is 0 Å². The monoisotopic (exact) mass is 458 g/mol. The lowest BCUT2D eigenvalue weighted by molar-refractivity contribution is -0.140. The molecule has 0 unspecified atom stereocenters. The van der Waals surface area contributed by atoms with Crippen LogP contribution >= 0.6 is 0 Å². The first-order valence-electron chi connectivity index (χ1n) is 11.7. The van der Waals surface area contributed by atoms with Gasteiger partial charge in [0.15, 0.2) is 6.10 Å². The van der Waals surface area contributed by atoms with Crippen molar-refractivity contribution in [2.75, 3.05) is 5.32 Å². The number of ether oxygens (including phenoxy) is 1. The molecule has 3 aromatic rings. The maximum absolute atomic E-state index is 13.3. The van der Waals surface area contributed by atoms with Crippen molar-refractivity contribution in [3.8, 4) is 5.75 Å². The lowest BCUT2D eigenvalue weighted by atomic mass is 9.86. The predicted molar refractivity (Wildman–Crippen MR) is 128 cm³/mol. The van der Waals surface area contributed by atoms with Gasteiger partial charge in [0.1, 0.15) is 11.6 Å². The third-order valence-corrected chi connectivity index (χ3v) is 6.61. The van der Waals surface area contributed by atoms with Crippen LogP contribution < -0.4 is 10.1 Å². The second-order valence-electron chi connectivity index (χ2n) is 9.01. The minimum Gasteiger partial charge on any atom is -0.481 e. The number of carbonyl (C=O) groups is 2. The van der Waals surface area contributed by atoms with Gasteiger partial charge in [0.05, 0.1) is 19.0 Å². The topological polar surface area (TPSA) is 58.6 Å². The van der Waals surface area contributed by atoms with Gasteiger partial charge in [-0.25, -0.2) is 4.39 Å². The summed E-state index contributed by atoms with van der Waals surface area (Å²) in [4.78, 5) is 27.8. The van der Waals surface area contributed by atoms with Crippen LogP contribution in [0.3, 0.4) is 0 Å². The van der Waals surface area contributed by atoms with E-state index in [4.69, 9.17) is 4.74 Å². The number of benzene rings is 3. The average Bonchev–Trinajstić information content (AvgIpc) is 2.96. The van der Waals surface area contributed by atoms with Gasteiger partial charge < -0.3 is 15.0 Å². The summed E-state index contributed by atoms with van der Waals surface area (Å²) in [6.45, 7) is 2.21. The zero-order valence-corrected chi connectivity index (χ0v) is 19.1. The number of aryl methyl sites for hydroxylation is 1. The van der Waals surface area contributed by atoms with Crippen molar-refractivity contribution in [3.63, 3.8) is 0 Å². The molecule has 0 aromatic heterocycles. The summed E-state index contributed by atoms with van der Waals surface area (Å²) in [6, 6.07) is 19.7. The first kappa shape index (κ1) is 22.1. The molecule has 2 amide bonds. The summed E-state index contributed by atoms with van der Waals surface area (Å²) < 4.78 is 19.1. The molecule has 0 fully saturated rings. The quantitative estimate of drug-likeness (QED) is 0.585. The molecular weight excluding hydrogens is 431 g/mol. The Kier molecular flexibility index (Phi) is 6.05. The third-order valence-electron chi connectivity index (χ3n) is 6.61. The summed E-state index contributed by atoms with van der Waals surface area (Å²) >= 11 is 0. The number of anilines is 1. The molecule has 1 heterocycles. The van der Waals surface area contributed by atoms with Crippen LogP contribution in [0, 0.1) is 5.82 Å². The van der Waals surface area contributed by atoms with Crippen LogP contribution in [0.15, 0.2) is 66.7 Å². The molecule has 3 aromatic carbocycles. The van der Waals surface area contributed by atoms with E-state index in [1.165, 1.54) is 23.3 Å². The molecule has 2 aliphatic rings. The molecule has 0 saturated heterocycles. The molecule has 5 rings (SSSR count). The Hall–Kier alpha value is -3.67. The van der Waals surface area contributed by atoms with Crippen LogP contribution in [-0.4, -0.2) is 22.8 Å². The SMILES string of the molecule is C[C@@H]1Oc2ccc(NC(=O)Cc3ccc(F)cc3)cc2CN([C@H]2CCCc3ccccc32)C1=O. The van der Waals surface area contributed by atoms with Crippen LogP contribution in [0.1, 0.15) is 48.1 Å². The lowest BCUT2D eigenvalue weighted by Gasteiger charge is -2.35. The maximum Gasteiger partial charge on any atom is 0.264 e. The highest BCUT2D eigenvalue weighted by molar-refractivity contribution is 5.92. The molecule has 0 spiro atoms. The van der Waals surface area contributed by atoms with Gasteiger partial charge in [0.25, 0.3) is 5.91 Å². The summed E-state index contributed by atoms with van der Waals surface area (Å²) in [7, 11) is 0. The minimum atomic E-state index is -0.589. The fourth-order valence-electron chi connectivity index (χ4n) is 4.94. The summed E-state index contributed by atoms with van der Waals surface area (Å²) in [5.74, 6) is 0.108. The zero-order chi connectivity index (χ0) is 23.7. The first-order valence-corrected chi connectivity index (χ1v) is 11.7. The molecule has 0 saturated carbocycles. The van der Waals surface area contributed by atoms with Crippen molar-refractivity contribution in [1.82, 2.24) is 4.90 Å². The highest BCUT2D eigenvalue weighted by Gasteiger charge is 2.35. The molecule has 0 radical (unpaired) electrons. The molecule has 6 heteroatoms. The van der Waals surface area contributed by atoms with Crippen LogP contribution in [0.5, 0.6) is 5.75 Å². The van der Waals surface area contributed by atoms with E-state index in [2.05, 4.69) is 17.4 Å². The van der Waals surface area contributed by atoms with E-state index in [1.54, 1.807) is 25.1 Å². The molecule has 0 bridgehead atoms. The normalized spacial score (nSPS) is 19.5. The molecule has 174 valence electrons. The number of rotatable bonds is 4. The van der Waals surface area contributed by atoms with E-state index < -0.39 is 6.10 Å². The highest BCUT2D eigenvalue weighted by atomic mass is 19.1. The van der Waals surface area contributed by atoms with Gasteiger partial charge in [-0.15, -0.1) is 0 Å². The lowest BCUT2D eigenvalue weighted by Crippen LogP contribution is -2.41. The average molecular weight is 459 g/mol. The van der Waals surface area contributed by atoms with Crippen molar-refractivity contribution in [2.24, 2.45) is 0 Å². The van der Waals surface area contributed by atoms with Gasteiger partial charge in [-0.3, -0.25) is 9.59 Å². The van der Waals surface area contributed by atoms with Crippen molar-refractivity contribution in [1.29, 1.82) is 0 Å². The van der Waals surface area contributed by atoms with Crippen LogP contribution in [0.4, 0.5) is 10.1 Å². The number of hydrogen-bond donors (Lipinski definition) is 1. The number of fused-ring (bicyclic) bond motifs is 2. The van der Waals surface area contributed by atoms with Gasteiger partial charge in [-0.05, 0) is 73.2 Å². The first-order chi connectivity index (χ1) is 16.5. The standard InChI is InChI=1S/C28H27FN2O3/c1-18-28(33)31(25-8-4-6-20-5-2-3-7-24(20)25)17-21-16-23(13-14-26(21)34-18)30-27(32)15-19-9-11-22(29)12-10-19/h2-3,5,7,9-14,16,18,25H,4,6,8,15,17H2,1H3,(H,30,32)/t18-,25-/m0/s1. The van der Waals surface area contributed by atoms with Crippen LogP contribution in [0.2, 0.25) is 0 Å². The zero-order valence-electron chi connectivity index (χ0n) is 19.1. The number of hydrogen-bond acceptors (Lipinski definition) is 3. The van der Waals surface area contributed by atoms with E-state index in [-0.39, 0.29) is 30.1 Å². The van der Waals surface area contributed by atoms with Crippen molar-refractivity contribution in [3.05, 3.63) is 94.8 Å². The van der Waals surface area contributed by atoms with E-state index in [9.17, 15) is 14.0 Å². The second-order valence-corrected chi connectivity index (χ2v) is 9.01. The Morgan fingerprint density at radius 3 is 2.71 bits per heavy atom. The molecule has 1 aliphatic carbocycles. The van der Waals surface area contributed by atoms with Crippen molar-refractivity contribution < 1.29 is 18.7 Å². The summed E-state index contributed by atoms with van der Waals surface area (Å²) in [6.07, 6.45) is 2.54. The number of halogens is 1. The molecule has 5 nitrogen and oxygen atoms in total. The Balaban J connectivity index is 1.38. The van der Waals surface area contributed by atoms with Crippen molar-refractivity contribution >= 4 is 17.5 Å². The second kappa shape index (κ2) is 9.29. The van der Waals surface area contributed by atoms with E-state index in [0.29, 0.717) is 18.0 Å². The summed E-state index contributed by atoms with van der Waals surface area (Å²) in [5.41, 5.74) is 4.74. The Bertz CT molecular complexity index is 1220. The van der Waals surface area contributed by atoms with Crippen LogP contribution in [-0.2, 0) is 29.0 Å². The van der Waals surface area contributed by atoms with Gasteiger partial charge in [0, 0.05) is 11.3 Å². The highest BCUT2D eigenvalue weighted by Crippen LogP contribution is 2.38. The van der Waals surface area contributed by atoms with Gasteiger partial charge in [-0.1, -0.05) is 36.4 Å². The molecule has 1 N–H and O–H groups in total. The third kappa shape index (κ3) is 4.53. The predicted octanol–water partition coefficient (Wildman–Crippen LogP) is 5.19. The van der Waals surface area contributed by atoms with Gasteiger partial charge in [0.2, 0.25) is 5.91 Å². The number of nitrogens with one attached hydrogen (secondary N) is 1. The number of nitrogens with zero attached hydrogens (tertiary/aromatic N) is 1. The molecule has 2 atom stereocenters. The van der Waals surface area contributed by atoms with Gasteiger partial charge in [-0.2, -0.15) is 0 Å². The number of amides is 2. The molecular formula is C28H27FN2O3. The molecule has 1 aliphatic heterocycles. The van der Waals surface area contributed by atoms with E-state index in [1.807, 2.05) is 29.2 Å². The summed E-state index contributed by atoms with van der Waals surface area (Å²) in [5, 5.41) is 2.92. The van der Waals surface area contributed by atoms with Crippen LogP contribution in [0.25, 0.3) is 0 Å². The smallest absolute Gasteiger partial charge is 0.264 e. The Morgan fingerprint density at radius 2 is 1.88 bits per heavy atom. The fourth-order valence-corrected chi connectivity index (χ4v) is 4.94. The fraction of sp³-hybridized carbons (Fsp3) is 0.286.